The van der Waals surface area contributed by atoms with Gasteiger partial charge in [0.2, 0.25) is 0 Å². The van der Waals surface area contributed by atoms with Crippen molar-refractivity contribution < 1.29 is 75.9 Å². The van der Waals surface area contributed by atoms with Gasteiger partial charge in [0.1, 0.15) is 33.6 Å². The zero-order valence-corrected chi connectivity index (χ0v) is 81.5. The van der Waals surface area contributed by atoms with Gasteiger partial charge in [0.25, 0.3) is 0 Å². The van der Waals surface area contributed by atoms with Gasteiger partial charge in [0.15, 0.2) is 5.82 Å². The van der Waals surface area contributed by atoms with E-state index < -0.39 is 6.09 Å². The standard InChI is InChI=1S/C21H16N2O2.C18H35NO3.C15H33N.C14H11N.C13H27NO5.C12H27NO6.C12H19N/c24-21(25-15-16-9-3-1-4-10-16)23-19-14-8-7-13-18(19)22-20(23)17-11-5-2-6-12-17;1-2-3-4-5-6-7-8-9-10-11-18(20)22-17-14-19-12-15-21-16-13-19;1-4-7-10-13-16(14-11-8-5-2)15-12-9-6-3;1-2-6-11(7-3-1)14-10-12-8-4-5-9-13(12)15-14;1-15-8-9-18-12-13-19-11-10-17-7-4-14-2-5-16-6-3-14;1-14-10-17-7-4-13(5-8-18-11-15-2)6-9-19-12-16-3;1-8(2)10-6-5-7-11(9(3)4)12(10)13/h1-14H,15H2;2-17H2,1H3;4-15H2,1-3H3;1-9H,10H2;2-13H2,1H3;4-12H2,1-3H3;5-9H,13H2,1-4H3. The lowest BCUT2D eigenvalue weighted by Crippen LogP contribution is -2.38. The second-order valence-electron chi connectivity index (χ2n) is 32.8. The van der Waals surface area contributed by atoms with E-state index in [0.717, 1.165) is 145 Å². The first-order valence-corrected chi connectivity index (χ1v) is 48.2. The number of carbonyl (C=O) groups is 2. The number of rotatable bonds is 58. The molecular formula is C105H168N8O16. The third-order valence-electron chi connectivity index (χ3n) is 21.7. The summed E-state index contributed by atoms with van der Waals surface area (Å²) in [6.07, 6.45) is 25.0. The number of unbranched alkanes of at least 4 members (excludes halogenated alkanes) is 14. The Balaban J connectivity index is 0.000000318. The maximum Gasteiger partial charge on any atom is 0.420 e. The van der Waals surface area contributed by atoms with Crippen LogP contribution in [0.4, 0.5) is 16.2 Å². The number of nitrogens with two attached hydrogens (primary N) is 1. The van der Waals surface area contributed by atoms with Crippen LogP contribution in [0.5, 0.6) is 0 Å². The fourth-order valence-electron chi connectivity index (χ4n) is 14.2. The molecule has 0 spiro atoms. The Kier molecular flexibility index (Phi) is 68.9. The molecule has 2 fully saturated rings. The molecule has 2 N–H and O–H groups in total. The normalized spacial score (nSPS) is 13.0. The molecule has 10 rings (SSSR count). The molecule has 3 aliphatic heterocycles. The van der Waals surface area contributed by atoms with Gasteiger partial charge in [-0.05, 0) is 103 Å². The Labute approximate surface area is 777 Å². The van der Waals surface area contributed by atoms with Crippen LogP contribution in [0.15, 0.2) is 163 Å². The van der Waals surface area contributed by atoms with Crippen LogP contribution in [-0.2, 0) is 84.1 Å². The summed E-state index contributed by atoms with van der Waals surface area (Å²) in [5.41, 5.74) is 17.8. The third kappa shape index (κ3) is 54.4. The number of anilines is 1. The van der Waals surface area contributed by atoms with Gasteiger partial charge < -0.3 is 76.9 Å². The Hall–Kier alpha value is -7.44. The average molecular weight is 1800 g/mol. The van der Waals surface area contributed by atoms with Crippen molar-refractivity contribution in [1.82, 2.24) is 29.2 Å². The number of benzene rings is 6. The molecule has 0 bridgehead atoms. The number of hydrogen-bond acceptors (Lipinski definition) is 23. The van der Waals surface area contributed by atoms with Crippen LogP contribution in [0.3, 0.4) is 0 Å². The molecule has 129 heavy (non-hydrogen) atoms. The number of aliphatic imine (C=N–C) groups is 1. The topological polar surface area (TPSA) is 233 Å². The fraction of sp³-hybridized carbons (Fsp3) is 0.619. The van der Waals surface area contributed by atoms with Crippen molar-refractivity contribution >= 4 is 40.2 Å². The van der Waals surface area contributed by atoms with Crippen LogP contribution in [0.25, 0.3) is 22.4 Å². The van der Waals surface area contributed by atoms with E-state index in [4.69, 9.17) is 72.0 Å². The molecule has 0 radical (unpaired) electrons. The summed E-state index contributed by atoms with van der Waals surface area (Å²) in [4.78, 5) is 43.2. The molecule has 0 saturated carbocycles. The monoisotopic (exact) mass is 1800 g/mol. The number of esters is 1. The zero-order valence-electron chi connectivity index (χ0n) is 81.5. The van der Waals surface area contributed by atoms with Gasteiger partial charge in [-0.2, -0.15) is 0 Å². The summed E-state index contributed by atoms with van der Waals surface area (Å²) >= 11 is 0. The Morgan fingerprint density at radius 1 is 0.419 bits per heavy atom. The van der Waals surface area contributed by atoms with Crippen LogP contribution in [0, 0.1) is 0 Å². The quantitative estimate of drug-likeness (QED) is 0.0161. The summed E-state index contributed by atoms with van der Waals surface area (Å²) in [6.45, 7) is 41.3. The van der Waals surface area contributed by atoms with Crippen molar-refractivity contribution in [3.63, 3.8) is 0 Å². The van der Waals surface area contributed by atoms with Crippen molar-refractivity contribution in [2.24, 2.45) is 4.99 Å². The van der Waals surface area contributed by atoms with Crippen LogP contribution >= 0.6 is 0 Å². The highest BCUT2D eigenvalue weighted by atomic mass is 16.7. The smallest absolute Gasteiger partial charge is 0.420 e. The number of nitrogens with zero attached hydrogens (tertiary/aromatic N) is 7. The van der Waals surface area contributed by atoms with E-state index in [0.29, 0.717) is 111 Å². The molecule has 3 aliphatic rings. The summed E-state index contributed by atoms with van der Waals surface area (Å²) in [7, 11) is 6.48. The van der Waals surface area contributed by atoms with Gasteiger partial charge in [-0.3, -0.25) is 24.5 Å². The van der Waals surface area contributed by atoms with Crippen LogP contribution < -0.4 is 5.73 Å². The Bertz CT molecular complexity index is 3730. The fourth-order valence-corrected chi connectivity index (χ4v) is 14.2. The van der Waals surface area contributed by atoms with Gasteiger partial charge in [-0.15, -0.1) is 0 Å². The molecule has 0 unspecified atom stereocenters. The number of nitrogen functional groups attached to an aromatic ring is 1. The SMILES string of the molecule is CC(C)c1cccc(C(C)C)c1N.CCCCCCCCCCCC(=O)OCCN1CCOCC1.CCCCCN(CCCCC)CCCCC.COCCOCCOCCOCCN1CCOCC1.COCOCCN(CCOCOC)CCOCOC.O=C(OCc1ccccc1)n1c(-c2ccccc2)nc2ccccc21.c1ccc(C2=Nc3ccccc3C2)cc1. The van der Waals surface area contributed by atoms with E-state index in [9.17, 15) is 9.59 Å². The summed E-state index contributed by atoms with van der Waals surface area (Å²) in [6, 6.07) is 51.9. The van der Waals surface area contributed by atoms with Gasteiger partial charge in [0, 0.05) is 111 Å². The summed E-state index contributed by atoms with van der Waals surface area (Å²) < 4.78 is 74.3. The maximum absolute atomic E-state index is 12.8. The Morgan fingerprint density at radius 3 is 1.33 bits per heavy atom. The molecule has 4 heterocycles. The minimum Gasteiger partial charge on any atom is -0.464 e. The van der Waals surface area contributed by atoms with Crippen molar-refractivity contribution in [3.8, 4) is 11.4 Å². The molecule has 24 nitrogen and oxygen atoms in total. The molecule has 6 aromatic carbocycles. The Morgan fingerprint density at radius 2 is 0.845 bits per heavy atom. The number of carbonyl (C=O) groups excluding carboxylic acids is 2. The van der Waals surface area contributed by atoms with E-state index >= 15 is 0 Å². The third-order valence-corrected chi connectivity index (χ3v) is 21.7. The van der Waals surface area contributed by atoms with Gasteiger partial charge >= 0.3 is 12.1 Å². The first-order chi connectivity index (χ1) is 63.2. The number of fused-ring (bicyclic) bond motifs is 2. The molecule has 0 aliphatic carbocycles. The highest BCUT2D eigenvalue weighted by Crippen LogP contribution is 2.31. The maximum atomic E-state index is 12.8. The van der Waals surface area contributed by atoms with Crippen LogP contribution in [0.1, 0.15) is 217 Å². The van der Waals surface area contributed by atoms with E-state index in [1.807, 2.05) is 97.1 Å². The van der Waals surface area contributed by atoms with Crippen molar-refractivity contribution in [2.75, 3.05) is 232 Å². The lowest BCUT2D eigenvalue weighted by atomic mass is 9.93. The number of aromatic nitrogens is 2. The molecule has 0 atom stereocenters. The van der Waals surface area contributed by atoms with Gasteiger partial charge in [0.05, 0.1) is 115 Å². The number of hydrogen-bond donors (Lipinski definition) is 1. The lowest BCUT2D eigenvalue weighted by molar-refractivity contribution is -0.144. The minimum absolute atomic E-state index is 0.0313. The van der Waals surface area contributed by atoms with E-state index in [-0.39, 0.29) is 12.6 Å². The number of methoxy groups -OCH3 is 4. The number of imidazole rings is 1. The molecule has 24 heteroatoms. The molecule has 0 amide bonds. The molecule has 2 saturated heterocycles. The number of para-hydroxylation sites is 4. The zero-order chi connectivity index (χ0) is 92.9. The van der Waals surface area contributed by atoms with Crippen LogP contribution in [-0.4, -0.2) is 273 Å². The van der Waals surface area contributed by atoms with Crippen molar-refractivity contribution in [2.45, 2.75) is 202 Å². The average Bonchev–Trinajstić information content (AvgIpc) is 1.62. The second-order valence-corrected chi connectivity index (χ2v) is 32.8. The molecule has 1 aromatic heterocycles. The highest BCUT2D eigenvalue weighted by molar-refractivity contribution is 6.06. The minimum atomic E-state index is -0.434. The summed E-state index contributed by atoms with van der Waals surface area (Å²) in [5, 5.41) is 0. The predicted molar refractivity (Wildman–Crippen MR) is 526 cm³/mol. The predicted octanol–water partition coefficient (Wildman–Crippen LogP) is 20.6. The van der Waals surface area contributed by atoms with Crippen molar-refractivity contribution in [1.29, 1.82) is 0 Å². The number of ether oxygens (including phenoxy) is 14. The lowest BCUT2D eigenvalue weighted by Gasteiger charge is -2.26. The molecular weight excluding hydrogens is 1630 g/mol. The first kappa shape index (κ1) is 114. The van der Waals surface area contributed by atoms with Gasteiger partial charge in [-0.25, -0.2) is 14.3 Å². The van der Waals surface area contributed by atoms with E-state index in [1.165, 1.54) is 155 Å². The van der Waals surface area contributed by atoms with Gasteiger partial charge in [-0.1, -0.05) is 285 Å². The van der Waals surface area contributed by atoms with Crippen LogP contribution in [0.2, 0.25) is 0 Å². The van der Waals surface area contributed by atoms with E-state index in [1.54, 1.807) is 28.4 Å². The largest absolute Gasteiger partial charge is 0.464 e. The first-order valence-electron chi connectivity index (χ1n) is 48.2. The van der Waals surface area contributed by atoms with E-state index in [2.05, 4.69) is 146 Å². The summed E-state index contributed by atoms with van der Waals surface area (Å²) in [5.74, 6) is 1.58. The molecule has 724 valence electrons. The highest BCUT2D eigenvalue weighted by Gasteiger charge is 2.21. The molecule has 7 aromatic rings. The number of morpholine rings is 2. The van der Waals surface area contributed by atoms with Crippen molar-refractivity contribution in [3.05, 3.63) is 186 Å². The second kappa shape index (κ2) is 78.1.